The van der Waals surface area contributed by atoms with Crippen LogP contribution in [-0.2, 0) is 17.1 Å². The molecular weight excluding hydrogens is 464 g/mol. The maximum atomic E-state index is 13.0. The van der Waals surface area contributed by atoms with Gasteiger partial charge in [-0.25, -0.2) is 13.1 Å². The number of benzene rings is 3. The lowest BCUT2D eigenvalue weighted by Crippen LogP contribution is -2.23. The summed E-state index contributed by atoms with van der Waals surface area (Å²) in [5.74, 6) is -0.352. The molecule has 0 bridgehead atoms. The van der Waals surface area contributed by atoms with Gasteiger partial charge in [0.1, 0.15) is 5.69 Å². The third-order valence-corrected chi connectivity index (χ3v) is 7.35. The van der Waals surface area contributed by atoms with Crippen molar-refractivity contribution in [1.29, 1.82) is 0 Å². The summed E-state index contributed by atoms with van der Waals surface area (Å²) in [7, 11) is -2.38. The van der Waals surface area contributed by atoms with Crippen molar-refractivity contribution in [2.45, 2.75) is 25.7 Å². The van der Waals surface area contributed by atoms with Gasteiger partial charge in [0, 0.05) is 18.3 Å². The number of sulfonamides is 1. The summed E-state index contributed by atoms with van der Waals surface area (Å²) in [6, 6.07) is 20.1. The predicted octanol–water partition coefficient (Wildman–Crippen LogP) is 4.15. The van der Waals surface area contributed by atoms with Crippen molar-refractivity contribution in [3.63, 3.8) is 0 Å². The molecule has 0 spiro atoms. The van der Waals surface area contributed by atoms with Crippen LogP contribution in [0, 0.1) is 20.8 Å². The normalized spacial score (nSPS) is 11.3. The predicted molar refractivity (Wildman–Crippen MR) is 137 cm³/mol. The molecule has 4 rings (SSSR count). The van der Waals surface area contributed by atoms with E-state index in [2.05, 4.69) is 10.0 Å². The van der Waals surface area contributed by atoms with Crippen molar-refractivity contribution < 1.29 is 13.2 Å². The minimum atomic E-state index is -4.06. The number of anilines is 2. The summed E-state index contributed by atoms with van der Waals surface area (Å²) in [6.45, 7) is 5.61. The Morgan fingerprint density at radius 2 is 1.51 bits per heavy atom. The lowest BCUT2D eigenvalue weighted by molar-refractivity contribution is 0.102. The van der Waals surface area contributed by atoms with Gasteiger partial charge < -0.3 is 5.32 Å². The fourth-order valence-electron chi connectivity index (χ4n) is 3.69. The Bertz CT molecular complexity index is 1570. The van der Waals surface area contributed by atoms with E-state index in [0.717, 1.165) is 11.1 Å². The summed E-state index contributed by atoms with van der Waals surface area (Å²) in [5.41, 5.74) is 3.71. The Kier molecular flexibility index (Phi) is 6.36. The van der Waals surface area contributed by atoms with Gasteiger partial charge in [-0.05, 0) is 80.4 Å². The maximum absolute atomic E-state index is 13.0. The topological polar surface area (TPSA) is 102 Å². The third kappa shape index (κ3) is 4.76. The number of nitrogens with zero attached hydrogens (tertiary/aromatic N) is 2. The summed E-state index contributed by atoms with van der Waals surface area (Å²) >= 11 is 0. The van der Waals surface area contributed by atoms with Gasteiger partial charge in [-0.15, -0.1) is 0 Å². The minimum absolute atomic E-state index is 0.0343. The minimum Gasteiger partial charge on any atom is -0.322 e. The molecule has 9 heteroatoms. The Hall–Kier alpha value is -4.11. The Labute approximate surface area is 203 Å². The fraction of sp³-hybridized carbons (Fsp3) is 0.154. The van der Waals surface area contributed by atoms with E-state index in [1.807, 2.05) is 38.1 Å². The Morgan fingerprint density at radius 3 is 2.14 bits per heavy atom. The highest BCUT2D eigenvalue weighted by Crippen LogP contribution is 2.20. The molecule has 8 nitrogen and oxygen atoms in total. The van der Waals surface area contributed by atoms with E-state index >= 15 is 0 Å². The second-order valence-corrected chi connectivity index (χ2v) is 10.0. The van der Waals surface area contributed by atoms with E-state index in [1.54, 1.807) is 42.9 Å². The van der Waals surface area contributed by atoms with E-state index in [0.29, 0.717) is 22.6 Å². The first-order valence-corrected chi connectivity index (χ1v) is 12.4. The van der Waals surface area contributed by atoms with Crippen LogP contribution in [0.4, 0.5) is 11.4 Å². The van der Waals surface area contributed by atoms with Crippen molar-refractivity contribution in [3.05, 3.63) is 106 Å². The first-order valence-electron chi connectivity index (χ1n) is 10.9. The smallest absolute Gasteiger partial charge is 0.296 e. The molecule has 0 unspecified atom stereocenters. The number of amides is 1. The fourth-order valence-corrected chi connectivity index (χ4v) is 4.80. The molecule has 0 aliphatic rings. The van der Waals surface area contributed by atoms with Crippen molar-refractivity contribution in [3.8, 4) is 5.69 Å². The van der Waals surface area contributed by atoms with E-state index in [-0.39, 0.29) is 16.5 Å². The van der Waals surface area contributed by atoms with Gasteiger partial charge in [0.15, 0.2) is 0 Å². The van der Waals surface area contributed by atoms with Gasteiger partial charge in [0.05, 0.1) is 16.3 Å². The number of para-hydroxylation sites is 1. The van der Waals surface area contributed by atoms with Crippen LogP contribution in [-0.4, -0.2) is 23.7 Å². The molecule has 0 fully saturated rings. The monoisotopic (exact) mass is 490 g/mol. The molecule has 3 aromatic carbocycles. The summed E-state index contributed by atoms with van der Waals surface area (Å²) < 4.78 is 31.5. The van der Waals surface area contributed by atoms with Gasteiger partial charge >= 0.3 is 0 Å². The molecule has 0 aliphatic heterocycles. The van der Waals surface area contributed by atoms with Crippen molar-refractivity contribution in [2.24, 2.45) is 7.05 Å². The summed E-state index contributed by atoms with van der Waals surface area (Å²) in [4.78, 5) is 25.6. The molecule has 0 saturated carbocycles. The Balaban J connectivity index is 1.57. The SMILES string of the molecule is Cc1ccc(NC(=O)c2ccc(S(=O)(=O)Nc3c(C)n(C)n(-c4ccccc4)c3=O)cc2)cc1C. The zero-order chi connectivity index (χ0) is 25.3. The molecule has 0 saturated heterocycles. The average Bonchev–Trinajstić information content (AvgIpc) is 3.04. The lowest BCUT2D eigenvalue weighted by atomic mass is 10.1. The molecule has 4 aromatic rings. The molecule has 1 heterocycles. The van der Waals surface area contributed by atoms with Crippen molar-refractivity contribution in [2.75, 3.05) is 10.0 Å². The summed E-state index contributed by atoms with van der Waals surface area (Å²) in [5, 5.41) is 2.81. The first kappa shape index (κ1) is 24.0. The van der Waals surface area contributed by atoms with Crippen LogP contribution in [0.5, 0.6) is 0 Å². The van der Waals surface area contributed by atoms with Crippen LogP contribution >= 0.6 is 0 Å². The van der Waals surface area contributed by atoms with Crippen LogP contribution < -0.4 is 15.6 Å². The van der Waals surface area contributed by atoms with Gasteiger partial charge in [-0.3, -0.25) is 19.0 Å². The molecule has 2 N–H and O–H groups in total. The van der Waals surface area contributed by atoms with Gasteiger partial charge in [0.25, 0.3) is 21.5 Å². The van der Waals surface area contributed by atoms with Gasteiger partial charge in [-0.1, -0.05) is 24.3 Å². The van der Waals surface area contributed by atoms with Crippen molar-refractivity contribution in [1.82, 2.24) is 9.36 Å². The summed E-state index contributed by atoms with van der Waals surface area (Å²) in [6.07, 6.45) is 0. The number of carbonyl (C=O) groups excluding carboxylic acids is 1. The number of nitrogens with one attached hydrogen (secondary N) is 2. The van der Waals surface area contributed by atoms with Crippen LogP contribution in [0.2, 0.25) is 0 Å². The highest BCUT2D eigenvalue weighted by Gasteiger charge is 2.22. The van der Waals surface area contributed by atoms with E-state index in [4.69, 9.17) is 0 Å². The Morgan fingerprint density at radius 1 is 0.857 bits per heavy atom. The molecule has 35 heavy (non-hydrogen) atoms. The molecule has 1 amide bonds. The molecule has 180 valence electrons. The lowest BCUT2D eigenvalue weighted by Gasteiger charge is -2.09. The number of carbonyl (C=O) groups is 1. The van der Waals surface area contributed by atoms with Crippen molar-refractivity contribution >= 4 is 27.3 Å². The highest BCUT2D eigenvalue weighted by molar-refractivity contribution is 7.92. The molecule has 0 atom stereocenters. The maximum Gasteiger partial charge on any atom is 0.296 e. The second kappa shape index (κ2) is 9.27. The number of aromatic nitrogens is 2. The van der Waals surface area contributed by atoms with E-state index in [1.165, 1.54) is 28.9 Å². The number of hydrogen-bond donors (Lipinski definition) is 2. The number of aryl methyl sites for hydroxylation is 2. The zero-order valence-electron chi connectivity index (χ0n) is 19.9. The number of rotatable bonds is 6. The highest BCUT2D eigenvalue weighted by atomic mass is 32.2. The quantitative estimate of drug-likeness (QED) is 0.424. The standard InChI is InChI=1S/C26H26N4O4S/c1-17-10-13-21(16-18(17)2)27-25(31)20-11-14-23(15-12-20)35(33,34)28-24-19(3)29(4)30(26(24)32)22-8-6-5-7-9-22/h5-16,28H,1-4H3,(H,27,31). The molecular formula is C26H26N4O4S. The molecule has 0 radical (unpaired) electrons. The average molecular weight is 491 g/mol. The second-order valence-electron chi connectivity index (χ2n) is 8.32. The largest absolute Gasteiger partial charge is 0.322 e. The number of hydrogen-bond acceptors (Lipinski definition) is 4. The molecule has 1 aromatic heterocycles. The van der Waals surface area contributed by atoms with Crippen LogP contribution in [0.3, 0.4) is 0 Å². The van der Waals surface area contributed by atoms with Crippen LogP contribution in [0.15, 0.2) is 82.5 Å². The molecule has 0 aliphatic carbocycles. The van der Waals surface area contributed by atoms with E-state index in [9.17, 15) is 18.0 Å². The van der Waals surface area contributed by atoms with Gasteiger partial charge in [0.2, 0.25) is 0 Å². The first-order chi connectivity index (χ1) is 16.6. The van der Waals surface area contributed by atoms with Gasteiger partial charge in [-0.2, -0.15) is 0 Å². The van der Waals surface area contributed by atoms with Crippen LogP contribution in [0.1, 0.15) is 27.2 Å². The zero-order valence-corrected chi connectivity index (χ0v) is 20.7. The van der Waals surface area contributed by atoms with Crippen LogP contribution in [0.25, 0.3) is 5.69 Å². The van der Waals surface area contributed by atoms with E-state index < -0.39 is 15.6 Å². The third-order valence-electron chi connectivity index (χ3n) is 5.98.